The number of nitrogens with zero attached hydrogens (tertiary/aromatic N) is 1. The number of benzene rings is 3. The van der Waals surface area contributed by atoms with Crippen LogP contribution in [0.5, 0.6) is 5.75 Å². The number of aromatic hydroxyl groups is 1. The van der Waals surface area contributed by atoms with E-state index in [9.17, 15) is 14.3 Å². The molecule has 0 unspecified atom stereocenters. The molecule has 0 fully saturated rings. The predicted molar refractivity (Wildman–Crippen MR) is 82.0 cm³/mol. The quantitative estimate of drug-likeness (QED) is 0.743. The van der Waals surface area contributed by atoms with Gasteiger partial charge in [0.2, 0.25) is 0 Å². The van der Waals surface area contributed by atoms with E-state index in [1.807, 2.05) is 6.07 Å². The summed E-state index contributed by atoms with van der Waals surface area (Å²) in [6, 6.07) is 15.5. The summed E-state index contributed by atoms with van der Waals surface area (Å²) in [5.74, 6) is -1.41. The third kappa shape index (κ3) is 1.61. The molecule has 0 radical (unpaired) electrons. The minimum absolute atomic E-state index is 0.111. The first-order valence-corrected chi connectivity index (χ1v) is 6.80. The Bertz CT molecular complexity index is 962. The molecule has 1 heterocycles. The molecule has 4 heteroatoms. The number of rotatable bonds is 1. The van der Waals surface area contributed by atoms with Gasteiger partial charge in [0.05, 0.1) is 16.8 Å². The molecule has 1 amide bonds. The maximum atomic E-state index is 14.7. The van der Waals surface area contributed by atoms with Gasteiger partial charge in [-0.1, -0.05) is 54.6 Å². The molecule has 1 aliphatic heterocycles. The highest BCUT2D eigenvalue weighted by atomic mass is 19.1. The molecule has 0 bridgehead atoms. The van der Waals surface area contributed by atoms with E-state index in [0.717, 1.165) is 0 Å². The zero-order valence-corrected chi connectivity index (χ0v) is 11.4. The van der Waals surface area contributed by atoms with Crippen molar-refractivity contribution >= 4 is 22.4 Å². The number of halogens is 1. The van der Waals surface area contributed by atoms with Gasteiger partial charge in [-0.3, -0.25) is 4.79 Å². The summed E-state index contributed by atoms with van der Waals surface area (Å²) in [5.41, 5.74) is 0.991. The molecule has 0 saturated carbocycles. The van der Waals surface area contributed by atoms with Crippen LogP contribution in [0.2, 0.25) is 0 Å². The van der Waals surface area contributed by atoms with Gasteiger partial charge in [-0.25, -0.2) is 9.38 Å². The molecule has 3 nitrogen and oxygen atoms in total. The largest absolute Gasteiger partial charge is 0.507 e. The van der Waals surface area contributed by atoms with E-state index in [0.29, 0.717) is 16.7 Å². The number of carbonyl (C=O) groups is 1. The Morgan fingerprint density at radius 1 is 0.864 bits per heavy atom. The minimum Gasteiger partial charge on any atom is -0.507 e. The van der Waals surface area contributed by atoms with Gasteiger partial charge in [0.15, 0.2) is 0 Å². The van der Waals surface area contributed by atoms with Crippen LogP contribution in [0.15, 0.2) is 59.6 Å². The second-order valence-corrected chi connectivity index (χ2v) is 5.09. The van der Waals surface area contributed by atoms with Crippen LogP contribution >= 0.6 is 0 Å². The lowest BCUT2D eigenvalue weighted by atomic mass is 9.94. The molecule has 0 aromatic heterocycles. The van der Waals surface area contributed by atoms with E-state index in [1.165, 1.54) is 0 Å². The van der Waals surface area contributed by atoms with Crippen molar-refractivity contribution in [1.29, 1.82) is 0 Å². The van der Waals surface area contributed by atoms with Gasteiger partial charge in [-0.2, -0.15) is 0 Å². The summed E-state index contributed by atoms with van der Waals surface area (Å²) in [6.07, 6.45) is 0. The number of aliphatic imine (C=N–C) groups is 1. The van der Waals surface area contributed by atoms with E-state index < -0.39 is 11.7 Å². The molecular formula is C18H10FNO2. The number of hydrogen-bond donors (Lipinski definition) is 1. The monoisotopic (exact) mass is 291 g/mol. The fourth-order valence-electron chi connectivity index (χ4n) is 2.83. The molecule has 3 aromatic rings. The lowest BCUT2D eigenvalue weighted by molar-refractivity contribution is 0.100. The average molecular weight is 291 g/mol. The topological polar surface area (TPSA) is 49.7 Å². The molecule has 22 heavy (non-hydrogen) atoms. The van der Waals surface area contributed by atoms with Crippen molar-refractivity contribution in [3.63, 3.8) is 0 Å². The highest BCUT2D eigenvalue weighted by Crippen LogP contribution is 2.39. The Balaban J connectivity index is 2.10. The van der Waals surface area contributed by atoms with Gasteiger partial charge in [0.25, 0.3) is 5.91 Å². The summed E-state index contributed by atoms with van der Waals surface area (Å²) < 4.78 is 14.7. The number of phenolic OH excluding ortho intramolecular Hbond substituents is 1. The highest BCUT2D eigenvalue weighted by molar-refractivity contribution is 6.30. The first-order chi connectivity index (χ1) is 10.7. The maximum absolute atomic E-state index is 14.7. The average Bonchev–Trinajstić information content (AvgIpc) is 2.91. The van der Waals surface area contributed by atoms with Crippen LogP contribution in [0.25, 0.3) is 10.8 Å². The van der Waals surface area contributed by atoms with E-state index in [1.54, 1.807) is 48.5 Å². The van der Waals surface area contributed by atoms with Gasteiger partial charge in [-0.05, 0) is 0 Å². The molecule has 4 rings (SSSR count). The molecule has 106 valence electrons. The molecule has 0 aliphatic carbocycles. The molecule has 3 aromatic carbocycles. The molecule has 0 spiro atoms. The lowest BCUT2D eigenvalue weighted by Crippen LogP contribution is -2.04. The number of hydrogen-bond acceptors (Lipinski definition) is 2. The number of phenols is 1. The van der Waals surface area contributed by atoms with Crippen LogP contribution < -0.4 is 0 Å². The zero-order valence-electron chi connectivity index (χ0n) is 11.4. The van der Waals surface area contributed by atoms with Crippen molar-refractivity contribution in [3.05, 3.63) is 77.1 Å². The first kappa shape index (κ1) is 12.7. The van der Waals surface area contributed by atoms with Crippen LogP contribution in [0.3, 0.4) is 0 Å². The van der Waals surface area contributed by atoms with Crippen molar-refractivity contribution < 1.29 is 14.3 Å². The molecule has 1 N–H and O–H groups in total. The maximum Gasteiger partial charge on any atom is 0.281 e. The van der Waals surface area contributed by atoms with Gasteiger partial charge in [0, 0.05) is 16.3 Å². The van der Waals surface area contributed by atoms with Crippen molar-refractivity contribution in [2.24, 2.45) is 4.99 Å². The van der Waals surface area contributed by atoms with Crippen LogP contribution in [0.1, 0.15) is 21.5 Å². The van der Waals surface area contributed by atoms with Gasteiger partial charge in [0.1, 0.15) is 11.6 Å². The Morgan fingerprint density at radius 3 is 2.23 bits per heavy atom. The summed E-state index contributed by atoms with van der Waals surface area (Å²) in [6.45, 7) is 0. The normalized spacial score (nSPS) is 13.3. The number of amides is 1. The summed E-state index contributed by atoms with van der Waals surface area (Å²) in [5, 5.41) is 11.1. The van der Waals surface area contributed by atoms with E-state index >= 15 is 0 Å². The summed E-state index contributed by atoms with van der Waals surface area (Å²) in [7, 11) is 0. The van der Waals surface area contributed by atoms with Crippen molar-refractivity contribution in [2.75, 3.05) is 0 Å². The van der Waals surface area contributed by atoms with Crippen molar-refractivity contribution in [2.45, 2.75) is 0 Å². The molecule has 0 saturated heterocycles. The Labute approximate surface area is 125 Å². The molecular weight excluding hydrogens is 281 g/mol. The number of carbonyl (C=O) groups excluding carboxylic acids is 1. The van der Waals surface area contributed by atoms with Crippen LogP contribution in [-0.4, -0.2) is 16.7 Å². The van der Waals surface area contributed by atoms with Gasteiger partial charge >= 0.3 is 0 Å². The van der Waals surface area contributed by atoms with Crippen LogP contribution in [0, 0.1) is 5.82 Å². The molecule has 0 atom stereocenters. The predicted octanol–water partition coefficient (Wildman–Crippen LogP) is 3.68. The van der Waals surface area contributed by atoms with E-state index in [-0.39, 0.29) is 22.3 Å². The standard InChI is InChI=1S/C18H10FNO2/c19-15-11-8-4-5-9-12(11)17(21)14-13(15)18(22)20-16(14)10-6-2-1-3-7-10/h1-9,21H. The summed E-state index contributed by atoms with van der Waals surface area (Å²) >= 11 is 0. The number of fused-ring (bicyclic) bond motifs is 2. The highest BCUT2D eigenvalue weighted by Gasteiger charge is 2.32. The minimum atomic E-state index is -0.660. The Hall–Kier alpha value is -3.01. The first-order valence-electron chi connectivity index (χ1n) is 6.80. The Kier molecular flexibility index (Phi) is 2.60. The van der Waals surface area contributed by atoms with Crippen LogP contribution in [-0.2, 0) is 0 Å². The van der Waals surface area contributed by atoms with E-state index in [4.69, 9.17) is 0 Å². The van der Waals surface area contributed by atoms with Crippen LogP contribution in [0.4, 0.5) is 4.39 Å². The smallest absolute Gasteiger partial charge is 0.281 e. The van der Waals surface area contributed by atoms with Crippen molar-refractivity contribution in [1.82, 2.24) is 0 Å². The lowest BCUT2D eigenvalue weighted by Gasteiger charge is -2.10. The fraction of sp³-hybridized carbons (Fsp3) is 0. The van der Waals surface area contributed by atoms with Gasteiger partial charge < -0.3 is 5.11 Å². The van der Waals surface area contributed by atoms with Gasteiger partial charge in [-0.15, -0.1) is 0 Å². The third-order valence-corrected chi connectivity index (χ3v) is 3.84. The molecule has 1 aliphatic rings. The Morgan fingerprint density at radius 2 is 1.50 bits per heavy atom. The second-order valence-electron chi connectivity index (χ2n) is 5.09. The summed E-state index contributed by atoms with van der Waals surface area (Å²) in [4.78, 5) is 16.1. The zero-order chi connectivity index (χ0) is 15.3. The SMILES string of the molecule is O=C1N=C(c2ccccc2)c2c1c(F)c1ccccc1c2O. The second kappa shape index (κ2) is 4.49. The van der Waals surface area contributed by atoms with E-state index in [2.05, 4.69) is 4.99 Å². The fourth-order valence-corrected chi connectivity index (χ4v) is 2.83. The third-order valence-electron chi connectivity index (χ3n) is 3.84. The van der Waals surface area contributed by atoms with Crippen molar-refractivity contribution in [3.8, 4) is 5.75 Å².